The monoisotopic (exact) mass is 394 g/mol. The summed E-state index contributed by atoms with van der Waals surface area (Å²) in [6, 6.07) is 10.4. The first-order chi connectivity index (χ1) is 13.6. The van der Waals surface area contributed by atoms with Gasteiger partial charge in [0.05, 0.1) is 22.3 Å². The van der Waals surface area contributed by atoms with Crippen LogP contribution in [0.4, 0.5) is 11.5 Å². The summed E-state index contributed by atoms with van der Waals surface area (Å²) in [6.45, 7) is 0.903. The van der Waals surface area contributed by atoms with E-state index in [-0.39, 0.29) is 11.7 Å². The number of anilines is 2. The lowest BCUT2D eigenvalue weighted by Gasteiger charge is -2.08. The maximum atomic E-state index is 12.6. The zero-order valence-electron chi connectivity index (χ0n) is 14.8. The first kappa shape index (κ1) is 17.8. The number of H-pyrrole nitrogens is 1. The predicted molar refractivity (Wildman–Crippen MR) is 111 cm³/mol. The minimum atomic E-state index is -0.263. The summed E-state index contributed by atoms with van der Waals surface area (Å²) >= 11 is 1.53. The number of nitrogens with zero attached hydrogens (tertiary/aromatic N) is 2. The number of imidazole rings is 1. The lowest BCUT2D eigenvalue weighted by atomic mass is 10.1. The highest BCUT2D eigenvalue weighted by atomic mass is 32.1. The number of aromatic nitrogens is 3. The molecule has 0 aliphatic carbocycles. The topological polar surface area (TPSA) is 129 Å². The Bertz CT molecular complexity index is 1110. The van der Waals surface area contributed by atoms with E-state index in [0.29, 0.717) is 47.0 Å². The lowest BCUT2D eigenvalue weighted by molar-refractivity contribution is 0.0956. The number of nitrogens with one attached hydrogen (secondary N) is 3. The summed E-state index contributed by atoms with van der Waals surface area (Å²) in [5.41, 5.74) is 7.48. The number of nitrogen functional groups attached to an aromatic ring is 1. The minimum absolute atomic E-state index is 0.0537. The molecule has 28 heavy (non-hydrogen) atoms. The number of aromatic amines is 1. The Morgan fingerprint density at radius 3 is 2.86 bits per heavy atom. The maximum absolute atomic E-state index is 12.6. The van der Waals surface area contributed by atoms with Crippen molar-refractivity contribution in [3.05, 3.63) is 53.5 Å². The highest BCUT2D eigenvalue weighted by Crippen LogP contribution is 2.30. The average Bonchev–Trinajstić information content (AvgIpc) is 3.37. The second kappa shape index (κ2) is 7.57. The van der Waals surface area contributed by atoms with E-state index in [9.17, 15) is 9.90 Å². The van der Waals surface area contributed by atoms with Gasteiger partial charge >= 0.3 is 0 Å². The van der Waals surface area contributed by atoms with Gasteiger partial charge in [-0.05, 0) is 35.7 Å². The molecule has 3 heterocycles. The molecule has 0 fully saturated rings. The normalized spacial score (nSPS) is 10.9. The van der Waals surface area contributed by atoms with Crippen LogP contribution >= 0.6 is 11.3 Å². The van der Waals surface area contributed by atoms with Gasteiger partial charge in [0.2, 0.25) is 0 Å². The number of amides is 1. The molecule has 0 bridgehead atoms. The van der Waals surface area contributed by atoms with Gasteiger partial charge < -0.3 is 26.5 Å². The number of phenols is 1. The summed E-state index contributed by atoms with van der Waals surface area (Å²) in [5, 5.41) is 18.0. The number of fused-ring (bicyclic) bond motifs is 1. The number of hydrogen-bond donors (Lipinski definition) is 5. The third-order valence-electron chi connectivity index (χ3n) is 4.13. The van der Waals surface area contributed by atoms with Gasteiger partial charge in [-0.3, -0.25) is 4.79 Å². The van der Waals surface area contributed by atoms with Gasteiger partial charge in [0.1, 0.15) is 28.4 Å². The van der Waals surface area contributed by atoms with E-state index in [0.717, 1.165) is 4.88 Å². The number of rotatable bonds is 6. The maximum Gasteiger partial charge on any atom is 0.253 e. The van der Waals surface area contributed by atoms with Crippen molar-refractivity contribution in [3.63, 3.8) is 0 Å². The molecule has 142 valence electrons. The molecule has 1 aromatic carbocycles. The number of pyridine rings is 1. The Balaban J connectivity index is 1.46. The third kappa shape index (κ3) is 3.60. The van der Waals surface area contributed by atoms with Crippen molar-refractivity contribution < 1.29 is 9.90 Å². The molecule has 9 heteroatoms. The van der Waals surface area contributed by atoms with Crippen molar-refractivity contribution in [3.8, 4) is 16.5 Å². The summed E-state index contributed by atoms with van der Waals surface area (Å²) in [7, 11) is 0. The van der Waals surface area contributed by atoms with Crippen LogP contribution in [-0.2, 0) is 0 Å². The molecule has 0 spiro atoms. The molecule has 3 aromatic heterocycles. The fourth-order valence-electron chi connectivity index (χ4n) is 2.76. The van der Waals surface area contributed by atoms with Crippen LogP contribution in [0.3, 0.4) is 0 Å². The SMILES string of the molecule is Nc1ccc(NCCNC(=O)c2ccc(O)c3[nH]c(-c4cccs4)nc23)nc1. The van der Waals surface area contributed by atoms with E-state index in [1.54, 1.807) is 24.4 Å². The second-order valence-corrected chi connectivity index (χ2v) is 7.03. The lowest BCUT2D eigenvalue weighted by Crippen LogP contribution is -2.29. The van der Waals surface area contributed by atoms with E-state index >= 15 is 0 Å². The van der Waals surface area contributed by atoms with Crippen LogP contribution in [0, 0.1) is 0 Å². The molecule has 0 aliphatic rings. The average molecular weight is 394 g/mol. The molecule has 4 aromatic rings. The van der Waals surface area contributed by atoms with E-state index < -0.39 is 0 Å². The Hall–Kier alpha value is -3.59. The predicted octanol–water partition coefficient (Wildman–Crippen LogP) is 2.82. The molecule has 4 rings (SSSR count). The Labute approximate surface area is 164 Å². The molecule has 0 aliphatic heterocycles. The van der Waals surface area contributed by atoms with Crippen molar-refractivity contribution in [2.24, 2.45) is 0 Å². The standard InChI is InChI=1S/C19H18N6O2S/c20-11-3-6-15(23-10-11)21-7-8-22-19(27)12-4-5-13(26)17-16(12)24-18(25-17)14-2-1-9-28-14/h1-6,9-10,26H,7-8,20H2,(H,21,23)(H,22,27)(H,24,25). The van der Waals surface area contributed by atoms with Crippen LogP contribution in [-0.4, -0.2) is 39.1 Å². The molecule has 0 radical (unpaired) electrons. The van der Waals surface area contributed by atoms with Crippen molar-refractivity contribution in [2.75, 3.05) is 24.1 Å². The number of carbonyl (C=O) groups excluding carboxylic acids is 1. The number of thiophene rings is 1. The zero-order valence-corrected chi connectivity index (χ0v) is 15.6. The van der Waals surface area contributed by atoms with E-state index in [2.05, 4.69) is 25.6 Å². The Morgan fingerprint density at radius 2 is 2.11 bits per heavy atom. The molecule has 0 saturated carbocycles. The molecule has 1 amide bonds. The Kier molecular flexibility index (Phi) is 4.81. The summed E-state index contributed by atoms with van der Waals surface area (Å²) in [6.07, 6.45) is 1.57. The van der Waals surface area contributed by atoms with Crippen LogP contribution in [0.15, 0.2) is 48.0 Å². The van der Waals surface area contributed by atoms with Crippen molar-refractivity contribution in [1.29, 1.82) is 0 Å². The molecule has 8 nitrogen and oxygen atoms in total. The molecule has 0 unspecified atom stereocenters. The minimum Gasteiger partial charge on any atom is -0.506 e. The number of phenolic OH excluding ortho intramolecular Hbond substituents is 1. The summed E-state index contributed by atoms with van der Waals surface area (Å²) in [4.78, 5) is 25.3. The Morgan fingerprint density at radius 1 is 1.21 bits per heavy atom. The molecule has 6 N–H and O–H groups in total. The number of carbonyl (C=O) groups is 1. The van der Waals surface area contributed by atoms with Crippen LogP contribution < -0.4 is 16.4 Å². The van der Waals surface area contributed by atoms with Gasteiger partial charge in [-0.15, -0.1) is 11.3 Å². The van der Waals surface area contributed by atoms with Gasteiger partial charge in [0.15, 0.2) is 0 Å². The summed E-state index contributed by atoms with van der Waals surface area (Å²) < 4.78 is 0. The first-order valence-corrected chi connectivity index (χ1v) is 9.49. The van der Waals surface area contributed by atoms with Crippen molar-refractivity contribution in [2.45, 2.75) is 0 Å². The number of hydrogen-bond acceptors (Lipinski definition) is 7. The van der Waals surface area contributed by atoms with Gasteiger partial charge in [0.25, 0.3) is 5.91 Å². The quantitative estimate of drug-likeness (QED) is 0.320. The highest BCUT2D eigenvalue weighted by Gasteiger charge is 2.17. The summed E-state index contributed by atoms with van der Waals surface area (Å²) in [5.74, 6) is 1.10. The highest BCUT2D eigenvalue weighted by molar-refractivity contribution is 7.13. The van der Waals surface area contributed by atoms with E-state index in [1.165, 1.54) is 17.4 Å². The number of benzene rings is 1. The fourth-order valence-corrected chi connectivity index (χ4v) is 3.43. The third-order valence-corrected chi connectivity index (χ3v) is 5.00. The molecule has 0 saturated heterocycles. The molecule has 0 atom stereocenters. The van der Waals surface area contributed by atoms with E-state index in [1.807, 2.05) is 17.5 Å². The van der Waals surface area contributed by atoms with Crippen molar-refractivity contribution >= 4 is 39.8 Å². The fraction of sp³-hybridized carbons (Fsp3) is 0.105. The first-order valence-electron chi connectivity index (χ1n) is 8.61. The van der Waals surface area contributed by atoms with Gasteiger partial charge in [-0.1, -0.05) is 6.07 Å². The largest absolute Gasteiger partial charge is 0.506 e. The van der Waals surface area contributed by atoms with Crippen LogP contribution in [0.5, 0.6) is 5.75 Å². The van der Waals surface area contributed by atoms with E-state index in [4.69, 9.17) is 5.73 Å². The van der Waals surface area contributed by atoms with Crippen molar-refractivity contribution in [1.82, 2.24) is 20.3 Å². The zero-order chi connectivity index (χ0) is 19.5. The van der Waals surface area contributed by atoms with Gasteiger partial charge in [0, 0.05) is 13.1 Å². The second-order valence-electron chi connectivity index (χ2n) is 6.08. The molecular formula is C19H18N6O2S. The van der Waals surface area contributed by atoms with Gasteiger partial charge in [-0.25, -0.2) is 9.97 Å². The smallest absolute Gasteiger partial charge is 0.253 e. The van der Waals surface area contributed by atoms with Crippen LogP contribution in [0.25, 0.3) is 21.7 Å². The van der Waals surface area contributed by atoms with Gasteiger partial charge in [-0.2, -0.15) is 0 Å². The van der Waals surface area contributed by atoms with Crippen LogP contribution in [0.1, 0.15) is 10.4 Å². The number of nitrogens with two attached hydrogens (primary N) is 1. The van der Waals surface area contributed by atoms with Crippen LogP contribution in [0.2, 0.25) is 0 Å². The molecular weight excluding hydrogens is 376 g/mol. The number of aromatic hydroxyl groups is 1.